The van der Waals surface area contributed by atoms with Gasteiger partial charge in [-0.05, 0) is 50.6 Å². The SMILES string of the molecule is [C-]#[N+]C1(c2ccc(-c3c(F)cc(N4C[C@H](Cn5ccnn5)OC4=O)cc3F)cc2F)[C@@H]2CN(C(=O)OC(C)(C)C)C[C@@H]21. The lowest BCUT2D eigenvalue weighted by molar-refractivity contribution is 0.0265. The predicted octanol–water partition coefficient (Wildman–Crippen LogP) is 5.00. The Morgan fingerprint density at radius 1 is 1.12 bits per heavy atom. The summed E-state index contributed by atoms with van der Waals surface area (Å²) in [6.07, 6.45) is 1.24. The number of carbonyl (C=O) groups excluding carboxylic acids is 2. The van der Waals surface area contributed by atoms with Crippen LogP contribution in [0.25, 0.3) is 16.0 Å². The molecular weight excluding hydrogens is 553 g/mol. The molecule has 2 amide bonds. The highest BCUT2D eigenvalue weighted by atomic mass is 19.1. The third-order valence-corrected chi connectivity index (χ3v) is 7.94. The van der Waals surface area contributed by atoms with Crippen LogP contribution in [0.5, 0.6) is 0 Å². The van der Waals surface area contributed by atoms with Crippen LogP contribution >= 0.6 is 0 Å². The van der Waals surface area contributed by atoms with Crippen molar-refractivity contribution in [3.63, 3.8) is 0 Å². The van der Waals surface area contributed by atoms with Crippen molar-refractivity contribution in [1.82, 2.24) is 19.9 Å². The van der Waals surface area contributed by atoms with Gasteiger partial charge in [-0.3, -0.25) is 4.90 Å². The highest BCUT2D eigenvalue weighted by molar-refractivity contribution is 5.90. The van der Waals surface area contributed by atoms with Crippen LogP contribution in [0.15, 0.2) is 42.7 Å². The first-order chi connectivity index (χ1) is 19.9. The molecular formula is C29H27F3N6O4. The van der Waals surface area contributed by atoms with E-state index in [2.05, 4.69) is 15.2 Å². The first-order valence-electron chi connectivity index (χ1n) is 13.4. The molecule has 6 rings (SSSR count). The van der Waals surface area contributed by atoms with Gasteiger partial charge in [0.1, 0.15) is 29.2 Å². The van der Waals surface area contributed by atoms with E-state index in [1.54, 1.807) is 27.0 Å². The Kier molecular flexibility index (Phi) is 6.40. The fraction of sp³-hybridized carbons (Fsp3) is 0.414. The van der Waals surface area contributed by atoms with Gasteiger partial charge < -0.3 is 19.2 Å². The number of hydrogen-bond donors (Lipinski definition) is 0. The van der Waals surface area contributed by atoms with Gasteiger partial charge in [0.2, 0.25) is 0 Å². The summed E-state index contributed by atoms with van der Waals surface area (Å²) in [7, 11) is 0. The third-order valence-electron chi connectivity index (χ3n) is 7.94. The van der Waals surface area contributed by atoms with Gasteiger partial charge in [0.05, 0.1) is 47.9 Å². The smallest absolute Gasteiger partial charge is 0.414 e. The van der Waals surface area contributed by atoms with E-state index in [1.165, 1.54) is 27.9 Å². The second-order valence-corrected chi connectivity index (χ2v) is 11.8. The molecule has 0 spiro atoms. The van der Waals surface area contributed by atoms with Crippen molar-refractivity contribution in [2.75, 3.05) is 24.5 Å². The van der Waals surface area contributed by atoms with E-state index in [9.17, 15) is 9.59 Å². The average Bonchev–Trinajstić information content (AvgIpc) is 3.41. The molecule has 2 aromatic carbocycles. The fourth-order valence-corrected chi connectivity index (χ4v) is 6.06. The standard InChI is InChI=1S/C29H27F3N6O4/c1-28(2,3)42-26(39)36-14-20-21(15-36)29(20,33-4)19-6-5-16(9-22(19)30)25-23(31)10-17(11-24(25)32)38-13-18(41-27(38)40)12-37-8-7-34-35-37/h5-11,18,20-21H,12-15H2,1-3H3/t18-,20-,21+,29?/m0/s1. The molecule has 1 saturated carbocycles. The Morgan fingerprint density at radius 2 is 1.81 bits per heavy atom. The van der Waals surface area contributed by atoms with Crippen molar-refractivity contribution in [2.45, 2.75) is 44.6 Å². The molecule has 218 valence electrons. The molecule has 13 heteroatoms. The predicted molar refractivity (Wildman–Crippen MR) is 142 cm³/mol. The molecule has 1 aromatic heterocycles. The van der Waals surface area contributed by atoms with E-state index in [0.29, 0.717) is 0 Å². The van der Waals surface area contributed by atoms with Gasteiger partial charge in [-0.2, -0.15) is 0 Å². The fourth-order valence-electron chi connectivity index (χ4n) is 6.06. The number of amides is 2. The lowest BCUT2D eigenvalue weighted by Crippen LogP contribution is -2.38. The minimum absolute atomic E-state index is 0.0377. The topological polar surface area (TPSA) is 94.2 Å². The molecule has 42 heavy (non-hydrogen) atoms. The number of benzene rings is 2. The van der Waals surface area contributed by atoms with Crippen molar-refractivity contribution >= 4 is 17.9 Å². The number of cyclic esters (lactones) is 1. The summed E-state index contributed by atoms with van der Waals surface area (Å²) in [4.78, 5) is 31.3. The Hall–Kier alpha value is -4.60. The van der Waals surface area contributed by atoms with Gasteiger partial charge in [-0.25, -0.2) is 34.0 Å². The molecule has 0 radical (unpaired) electrons. The molecule has 0 bridgehead atoms. The molecule has 0 N–H and O–H groups in total. The van der Waals surface area contributed by atoms with Crippen LogP contribution in [-0.4, -0.2) is 63.4 Å². The van der Waals surface area contributed by atoms with Gasteiger partial charge in [0.25, 0.3) is 5.54 Å². The summed E-state index contributed by atoms with van der Waals surface area (Å²) in [5.74, 6) is -3.28. The summed E-state index contributed by atoms with van der Waals surface area (Å²) >= 11 is 0. The number of carbonyl (C=O) groups is 2. The summed E-state index contributed by atoms with van der Waals surface area (Å²) in [6.45, 7) is 13.9. The van der Waals surface area contributed by atoms with E-state index in [4.69, 9.17) is 16.0 Å². The molecule has 2 aliphatic heterocycles. The van der Waals surface area contributed by atoms with Gasteiger partial charge >= 0.3 is 12.2 Å². The largest absolute Gasteiger partial charge is 0.444 e. The maximum Gasteiger partial charge on any atom is 0.414 e. The zero-order valence-electron chi connectivity index (χ0n) is 23.1. The quantitative estimate of drug-likeness (QED) is 0.395. The lowest BCUT2D eigenvalue weighted by Gasteiger charge is -2.26. The van der Waals surface area contributed by atoms with Crippen molar-refractivity contribution in [2.24, 2.45) is 11.8 Å². The molecule has 3 heterocycles. The zero-order valence-corrected chi connectivity index (χ0v) is 23.1. The Bertz CT molecular complexity index is 1580. The number of halogens is 3. The number of piperidine rings is 1. The summed E-state index contributed by atoms with van der Waals surface area (Å²) in [5, 5.41) is 7.51. The van der Waals surface area contributed by atoms with E-state index in [1.807, 2.05) is 0 Å². The number of aromatic nitrogens is 3. The van der Waals surface area contributed by atoms with Gasteiger partial charge in [0.15, 0.2) is 0 Å². The van der Waals surface area contributed by atoms with Crippen LogP contribution in [0.1, 0.15) is 26.3 Å². The van der Waals surface area contributed by atoms with E-state index >= 15 is 13.2 Å². The van der Waals surface area contributed by atoms with Gasteiger partial charge in [0, 0.05) is 19.3 Å². The van der Waals surface area contributed by atoms with Crippen LogP contribution in [0.3, 0.4) is 0 Å². The Labute approximate surface area is 239 Å². The monoisotopic (exact) mass is 580 g/mol. The average molecular weight is 581 g/mol. The Morgan fingerprint density at radius 3 is 2.38 bits per heavy atom. The van der Waals surface area contributed by atoms with Crippen molar-refractivity contribution in [1.29, 1.82) is 0 Å². The van der Waals surface area contributed by atoms with Crippen LogP contribution in [0.2, 0.25) is 0 Å². The number of rotatable bonds is 5. The summed E-state index contributed by atoms with van der Waals surface area (Å²) < 4.78 is 58.3. The lowest BCUT2D eigenvalue weighted by atomic mass is 9.95. The zero-order chi connectivity index (χ0) is 30.0. The third kappa shape index (κ3) is 4.60. The first-order valence-corrected chi connectivity index (χ1v) is 13.4. The van der Waals surface area contributed by atoms with Crippen molar-refractivity contribution in [3.05, 3.63) is 77.2 Å². The summed E-state index contributed by atoms with van der Waals surface area (Å²) in [6, 6.07) is 5.78. The first kappa shape index (κ1) is 27.6. The van der Waals surface area contributed by atoms with Crippen LogP contribution in [0, 0.1) is 35.9 Å². The molecule has 10 nitrogen and oxygen atoms in total. The molecule has 3 fully saturated rings. The number of nitrogens with zero attached hydrogens (tertiary/aromatic N) is 6. The van der Waals surface area contributed by atoms with Gasteiger partial charge in [-0.15, -0.1) is 5.10 Å². The molecule has 1 unspecified atom stereocenters. The normalized spacial score (nSPS) is 24.8. The maximum absolute atomic E-state index is 15.5. The second kappa shape index (κ2) is 9.75. The van der Waals surface area contributed by atoms with Crippen molar-refractivity contribution in [3.8, 4) is 11.1 Å². The highest BCUT2D eigenvalue weighted by Crippen LogP contribution is 2.65. The highest BCUT2D eigenvalue weighted by Gasteiger charge is 2.78. The molecule has 3 aromatic rings. The molecule has 1 aliphatic carbocycles. The molecule has 4 atom stereocenters. The van der Waals surface area contributed by atoms with Gasteiger partial charge in [-0.1, -0.05) is 11.3 Å². The van der Waals surface area contributed by atoms with Crippen LogP contribution in [0.4, 0.5) is 28.4 Å². The van der Waals surface area contributed by atoms with Crippen molar-refractivity contribution < 1.29 is 32.2 Å². The minimum Gasteiger partial charge on any atom is -0.444 e. The number of ether oxygens (including phenoxy) is 2. The maximum atomic E-state index is 15.5. The molecule has 3 aliphatic rings. The second-order valence-electron chi connectivity index (χ2n) is 11.8. The van der Waals surface area contributed by atoms with Crippen LogP contribution < -0.4 is 4.90 Å². The number of hydrogen-bond acceptors (Lipinski definition) is 6. The van der Waals surface area contributed by atoms with Crippen LogP contribution in [-0.2, 0) is 21.6 Å². The van der Waals surface area contributed by atoms with E-state index in [-0.39, 0.29) is 54.8 Å². The van der Waals surface area contributed by atoms with E-state index in [0.717, 1.165) is 23.1 Å². The van der Waals surface area contributed by atoms with E-state index < -0.39 is 52.4 Å². The summed E-state index contributed by atoms with van der Waals surface area (Å²) in [5.41, 5.74) is -2.22. The number of likely N-dealkylation sites (tertiary alicyclic amines) is 1. The minimum atomic E-state index is -1.15. The molecule has 2 saturated heterocycles. The number of anilines is 1. The number of fused-ring (bicyclic) bond motifs is 1. The Balaban J connectivity index is 1.20.